The Hall–Kier alpha value is -1.39. The zero-order chi connectivity index (χ0) is 10.6. The number of hydrogen-bond donors (Lipinski definition) is 2. The molecule has 4 heteroatoms. The van der Waals surface area contributed by atoms with Crippen LogP contribution >= 0.6 is 0 Å². The summed E-state index contributed by atoms with van der Waals surface area (Å²) in [6.45, 7) is -0.222. The predicted octanol–water partition coefficient (Wildman–Crippen LogP) is 0.329. The number of aliphatic hydroxyl groups is 1. The van der Waals surface area contributed by atoms with Crippen molar-refractivity contribution in [2.75, 3.05) is 13.7 Å². The Morgan fingerprint density at radius 2 is 2.29 bits per heavy atom. The lowest BCUT2D eigenvalue weighted by Gasteiger charge is -2.10. The van der Waals surface area contributed by atoms with Crippen molar-refractivity contribution in [3.63, 3.8) is 0 Å². The number of rotatable bonds is 4. The molecule has 14 heavy (non-hydrogen) atoms. The van der Waals surface area contributed by atoms with Crippen molar-refractivity contribution in [1.29, 1.82) is 0 Å². The lowest BCUT2D eigenvalue weighted by molar-refractivity contribution is 0.0998. The van der Waals surface area contributed by atoms with Crippen molar-refractivity contribution in [2.24, 2.45) is 5.73 Å². The standard InChI is InChI=1S/C10H13NO3/c1-14-10-7(6-12)3-2-4-8(10)9(13)5-11/h2-4,12H,5-6,11H2,1H3. The van der Waals surface area contributed by atoms with Gasteiger partial charge in [-0.05, 0) is 6.07 Å². The minimum atomic E-state index is -0.197. The normalized spacial score (nSPS) is 9.93. The molecule has 3 N–H and O–H groups in total. The molecular weight excluding hydrogens is 182 g/mol. The van der Waals surface area contributed by atoms with E-state index in [1.807, 2.05) is 0 Å². The van der Waals surface area contributed by atoms with Crippen LogP contribution in [0.15, 0.2) is 18.2 Å². The van der Waals surface area contributed by atoms with E-state index < -0.39 is 0 Å². The molecule has 0 fully saturated rings. The van der Waals surface area contributed by atoms with Gasteiger partial charge in [-0.1, -0.05) is 12.1 Å². The van der Waals surface area contributed by atoms with Crippen LogP contribution in [0.2, 0.25) is 0 Å². The van der Waals surface area contributed by atoms with Gasteiger partial charge in [-0.25, -0.2) is 0 Å². The van der Waals surface area contributed by atoms with Gasteiger partial charge in [-0.15, -0.1) is 0 Å². The van der Waals surface area contributed by atoms with Crippen LogP contribution in [0.5, 0.6) is 5.75 Å². The molecule has 0 bridgehead atoms. The molecular formula is C10H13NO3. The summed E-state index contributed by atoms with van der Waals surface area (Å²) in [7, 11) is 1.46. The van der Waals surface area contributed by atoms with E-state index in [2.05, 4.69) is 0 Å². The topological polar surface area (TPSA) is 72.5 Å². The van der Waals surface area contributed by atoms with Crippen LogP contribution < -0.4 is 10.5 Å². The van der Waals surface area contributed by atoms with Gasteiger partial charge in [0.2, 0.25) is 0 Å². The fourth-order valence-corrected chi connectivity index (χ4v) is 1.28. The minimum absolute atomic E-state index is 0.0642. The highest BCUT2D eigenvalue weighted by molar-refractivity contribution is 6.00. The monoisotopic (exact) mass is 195 g/mol. The average Bonchev–Trinajstić information content (AvgIpc) is 2.26. The Labute approximate surface area is 82.3 Å². The number of ketones is 1. The van der Waals surface area contributed by atoms with Crippen molar-refractivity contribution in [1.82, 2.24) is 0 Å². The first-order chi connectivity index (χ1) is 6.74. The molecule has 76 valence electrons. The van der Waals surface area contributed by atoms with Gasteiger partial charge in [-0.2, -0.15) is 0 Å². The zero-order valence-electron chi connectivity index (χ0n) is 7.99. The van der Waals surface area contributed by atoms with E-state index in [1.54, 1.807) is 18.2 Å². The first-order valence-corrected chi connectivity index (χ1v) is 4.24. The van der Waals surface area contributed by atoms with E-state index in [1.165, 1.54) is 7.11 Å². The minimum Gasteiger partial charge on any atom is -0.496 e. The molecule has 0 unspecified atom stereocenters. The van der Waals surface area contributed by atoms with Gasteiger partial charge in [0.1, 0.15) is 5.75 Å². The number of carbonyl (C=O) groups is 1. The van der Waals surface area contributed by atoms with Crippen LogP contribution in [-0.2, 0) is 6.61 Å². The van der Waals surface area contributed by atoms with E-state index >= 15 is 0 Å². The van der Waals surface area contributed by atoms with Crippen LogP contribution in [0.1, 0.15) is 15.9 Å². The molecule has 1 rings (SSSR count). The molecule has 4 nitrogen and oxygen atoms in total. The second-order valence-corrected chi connectivity index (χ2v) is 2.78. The molecule has 0 aliphatic rings. The number of ether oxygens (including phenoxy) is 1. The van der Waals surface area contributed by atoms with Crippen LogP contribution in [0.4, 0.5) is 0 Å². The first-order valence-electron chi connectivity index (χ1n) is 4.24. The summed E-state index contributed by atoms with van der Waals surface area (Å²) >= 11 is 0. The fourth-order valence-electron chi connectivity index (χ4n) is 1.28. The summed E-state index contributed by atoms with van der Waals surface area (Å²) in [6, 6.07) is 5.02. The van der Waals surface area contributed by atoms with Crippen LogP contribution in [0.3, 0.4) is 0 Å². The smallest absolute Gasteiger partial charge is 0.180 e. The molecule has 0 spiro atoms. The van der Waals surface area contributed by atoms with E-state index in [0.29, 0.717) is 16.9 Å². The molecule has 0 atom stereocenters. The van der Waals surface area contributed by atoms with Crippen LogP contribution in [0, 0.1) is 0 Å². The Balaban J connectivity index is 3.21. The molecule has 1 aromatic rings. The third-order valence-electron chi connectivity index (χ3n) is 1.96. The second kappa shape index (κ2) is 4.74. The molecule has 0 aliphatic carbocycles. The maximum Gasteiger partial charge on any atom is 0.180 e. The summed E-state index contributed by atoms with van der Waals surface area (Å²) < 4.78 is 5.05. The summed E-state index contributed by atoms with van der Waals surface area (Å²) in [4.78, 5) is 11.4. The van der Waals surface area contributed by atoms with Gasteiger partial charge in [0.15, 0.2) is 5.78 Å². The number of para-hydroxylation sites is 1. The Morgan fingerprint density at radius 1 is 1.57 bits per heavy atom. The zero-order valence-corrected chi connectivity index (χ0v) is 7.99. The molecule has 0 saturated carbocycles. The number of methoxy groups -OCH3 is 1. The Kier molecular flexibility index (Phi) is 3.62. The SMILES string of the molecule is COc1c(CO)cccc1C(=O)CN. The van der Waals surface area contributed by atoms with E-state index in [0.717, 1.165) is 0 Å². The number of hydrogen-bond acceptors (Lipinski definition) is 4. The number of Topliss-reactive ketones (excluding diaryl/α,β-unsaturated/α-hetero) is 1. The fraction of sp³-hybridized carbons (Fsp3) is 0.300. The lowest BCUT2D eigenvalue weighted by Crippen LogP contribution is -2.15. The van der Waals surface area contributed by atoms with Crippen molar-refractivity contribution >= 4 is 5.78 Å². The van der Waals surface area contributed by atoms with Gasteiger partial charge < -0.3 is 15.6 Å². The van der Waals surface area contributed by atoms with Crippen molar-refractivity contribution in [3.05, 3.63) is 29.3 Å². The van der Waals surface area contributed by atoms with E-state index in [-0.39, 0.29) is 18.9 Å². The third-order valence-corrected chi connectivity index (χ3v) is 1.96. The molecule has 0 amide bonds. The summed E-state index contributed by atoms with van der Waals surface area (Å²) in [5.74, 6) is 0.211. The first kappa shape index (κ1) is 10.7. The Morgan fingerprint density at radius 3 is 2.79 bits per heavy atom. The number of aliphatic hydroxyl groups excluding tert-OH is 1. The summed E-state index contributed by atoms with van der Waals surface area (Å²) in [5.41, 5.74) is 6.26. The van der Waals surface area contributed by atoms with Gasteiger partial charge in [0, 0.05) is 5.56 Å². The van der Waals surface area contributed by atoms with E-state index in [4.69, 9.17) is 15.6 Å². The molecule has 0 radical (unpaired) electrons. The van der Waals surface area contributed by atoms with Gasteiger partial charge >= 0.3 is 0 Å². The highest BCUT2D eigenvalue weighted by atomic mass is 16.5. The summed E-state index contributed by atoms with van der Waals surface area (Å²) in [6.07, 6.45) is 0. The number of nitrogens with two attached hydrogens (primary N) is 1. The average molecular weight is 195 g/mol. The predicted molar refractivity (Wildman–Crippen MR) is 52.3 cm³/mol. The van der Waals surface area contributed by atoms with Crippen LogP contribution in [-0.4, -0.2) is 24.5 Å². The largest absolute Gasteiger partial charge is 0.496 e. The highest BCUT2D eigenvalue weighted by Crippen LogP contribution is 2.23. The lowest BCUT2D eigenvalue weighted by atomic mass is 10.1. The molecule has 0 aliphatic heterocycles. The molecule has 1 aromatic carbocycles. The van der Waals surface area contributed by atoms with Crippen LogP contribution in [0.25, 0.3) is 0 Å². The van der Waals surface area contributed by atoms with Gasteiger partial charge in [0.05, 0.1) is 25.8 Å². The maximum atomic E-state index is 11.4. The molecule has 0 heterocycles. The quantitative estimate of drug-likeness (QED) is 0.679. The highest BCUT2D eigenvalue weighted by Gasteiger charge is 2.13. The number of carbonyl (C=O) groups excluding carboxylic acids is 1. The molecule has 0 saturated heterocycles. The number of benzene rings is 1. The van der Waals surface area contributed by atoms with Gasteiger partial charge in [-0.3, -0.25) is 4.79 Å². The van der Waals surface area contributed by atoms with E-state index in [9.17, 15) is 4.79 Å². The molecule has 0 aromatic heterocycles. The third kappa shape index (κ3) is 1.92. The maximum absolute atomic E-state index is 11.4. The Bertz CT molecular complexity index is 336. The van der Waals surface area contributed by atoms with Gasteiger partial charge in [0.25, 0.3) is 0 Å². The van der Waals surface area contributed by atoms with Crippen molar-refractivity contribution < 1.29 is 14.6 Å². The summed E-state index contributed by atoms with van der Waals surface area (Å²) in [5, 5.41) is 9.01. The second-order valence-electron chi connectivity index (χ2n) is 2.78. The van der Waals surface area contributed by atoms with Crippen molar-refractivity contribution in [3.8, 4) is 5.75 Å². The van der Waals surface area contributed by atoms with Crippen molar-refractivity contribution in [2.45, 2.75) is 6.61 Å².